The van der Waals surface area contributed by atoms with Gasteiger partial charge >= 0.3 is 11.8 Å². The zero-order valence-corrected chi connectivity index (χ0v) is 17.8. The molecule has 3 heterocycles. The van der Waals surface area contributed by atoms with Crippen LogP contribution in [0.4, 0.5) is 5.69 Å². The number of sulfonamides is 1. The van der Waals surface area contributed by atoms with E-state index >= 15 is 0 Å². The SMILES string of the molecule is Cc1ccc(Cl)cc1NS(=O)(=O)c1cc(-c2nnc(C(=O)N3CCCC3)o2)cs1. The van der Waals surface area contributed by atoms with Crippen molar-refractivity contribution in [2.45, 2.75) is 24.0 Å². The van der Waals surface area contributed by atoms with Gasteiger partial charge in [-0.3, -0.25) is 9.52 Å². The van der Waals surface area contributed by atoms with E-state index in [0.717, 1.165) is 29.7 Å². The lowest BCUT2D eigenvalue weighted by atomic mass is 10.2. The molecule has 1 saturated heterocycles. The second-order valence-corrected chi connectivity index (χ2v) is 9.89. The number of halogens is 1. The molecule has 1 aromatic carbocycles. The minimum Gasteiger partial charge on any atom is -0.412 e. The zero-order chi connectivity index (χ0) is 20.6. The van der Waals surface area contributed by atoms with Crippen molar-refractivity contribution in [2.75, 3.05) is 17.8 Å². The summed E-state index contributed by atoms with van der Waals surface area (Å²) < 4.78 is 33.6. The van der Waals surface area contributed by atoms with Crippen molar-refractivity contribution >= 4 is 44.6 Å². The number of benzene rings is 1. The molecule has 0 saturated carbocycles. The van der Waals surface area contributed by atoms with Gasteiger partial charge in [0, 0.05) is 23.5 Å². The molecule has 29 heavy (non-hydrogen) atoms. The number of aromatic nitrogens is 2. The molecule has 0 bridgehead atoms. The first-order chi connectivity index (χ1) is 13.8. The molecule has 1 fully saturated rings. The largest absolute Gasteiger partial charge is 0.412 e. The molecule has 8 nitrogen and oxygen atoms in total. The van der Waals surface area contributed by atoms with Crippen molar-refractivity contribution < 1.29 is 17.6 Å². The lowest BCUT2D eigenvalue weighted by Gasteiger charge is -2.11. The van der Waals surface area contributed by atoms with Crippen molar-refractivity contribution in [1.82, 2.24) is 15.1 Å². The molecule has 0 spiro atoms. The van der Waals surface area contributed by atoms with Crippen LogP contribution in [-0.4, -0.2) is 42.5 Å². The number of hydrogen-bond acceptors (Lipinski definition) is 7. The van der Waals surface area contributed by atoms with Gasteiger partial charge in [-0.05, 0) is 43.5 Å². The van der Waals surface area contributed by atoms with Crippen molar-refractivity contribution in [3.05, 3.63) is 46.1 Å². The van der Waals surface area contributed by atoms with E-state index in [4.69, 9.17) is 16.0 Å². The fourth-order valence-corrected chi connectivity index (χ4v) is 5.40. The predicted molar refractivity (Wildman–Crippen MR) is 110 cm³/mol. The van der Waals surface area contributed by atoms with E-state index < -0.39 is 10.0 Å². The van der Waals surface area contributed by atoms with Gasteiger partial charge in [0.2, 0.25) is 5.89 Å². The highest BCUT2D eigenvalue weighted by Crippen LogP contribution is 2.30. The fraction of sp³-hybridized carbons (Fsp3) is 0.278. The molecule has 0 unspecified atom stereocenters. The molecule has 1 amide bonds. The summed E-state index contributed by atoms with van der Waals surface area (Å²) in [7, 11) is -3.82. The maximum Gasteiger partial charge on any atom is 0.311 e. The molecule has 4 rings (SSSR count). The molecule has 1 N–H and O–H groups in total. The molecule has 3 aromatic rings. The molecule has 152 valence electrons. The normalized spacial score (nSPS) is 14.3. The van der Waals surface area contributed by atoms with Gasteiger partial charge in [0.05, 0.1) is 11.3 Å². The highest BCUT2D eigenvalue weighted by Gasteiger charge is 2.26. The molecule has 2 aromatic heterocycles. The van der Waals surface area contributed by atoms with Crippen LogP contribution in [0.3, 0.4) is 0 Å². The molecule has 0 atom stereocenters. The van der Waals surface area contributed by atoms with Gasteiger partial charge in [0.15, 0.2) is 0 Å². The Bertz CT molecular complexity index is 1170. The standard InChI is InChI=1S/C18H17ClN4O4S2/c1-11-4-5-13(19)9-14(11)22-29(25,26)15-8-12(10-28-15)16-20-21-17(27-16)18(24)23-6-2-3-7-23/h4-5,8-10,22H,2-3,6-7H2,1H3. The highest BCUT2D eigenvalue weighted by molar-refractivity contribution is 7.94. The van der Waals surface area contributed by atoms with Gasteiger partial charge in [-0.1, -0.05) is 17.7 Å². The third-order valence-electron chi connectivity index (χ3n) is 4.53. The molecule has 1 aliphatic heterocycles. The third kappa shape index (κ3) is 4.14. The van der Waals surface area contributed by atoms with Crippen LogP contribution in [0.15, 0.2) is 38.3 Å². The number of rotatable bonds is 5. The lowest BCUT2D eigenvalue weighted by molar-refractivity contribution is 0.0754. The number of likely N-dealkylation sites (tertiary alicyclic amines) is 1. The van der Waals surface area contributed by atoms with Crippen molar-refractivity contribution in [2.24, 2.45) is 0 Å². The summed E-state index contributed by atoms with van der Waals surface area (Å²) in [4.78, 5) is 14.0. The monoisotopic (exact) mass is 452 g/mol. The van der Waals surface area contributed by atoms with Crippen molar-refractivity contribution in [3.63, 3.8) is 0 Å². The first-order valence-electron chi connectivity index (χ1n) is 8.84. The highest BCUT2D eigenvalue weighted by atomic mass is 35.5. The van der Waals surface area contributed by atoms with E-state index in [9.17, 15) is 13.2 Å². The van der Waals surface area contributed by atoms with E-state index in [0.29, 0.717) is 29.4 Å². The number of thiophene rings is 1. The van der Waals surface area contributed by atoms with Gasteiger partial charge in [-0.2, -0.15) is 0 Å². The zero-order valence-electron chi connectivity index (χ0n) is 15.4. The minimum absolute atomic E-state index is 0.0810. The third-order valence-corrected chi connectivity index (χ3v) is 7.57. The quantitative estimate of drug-likeness (QED) is 0.631. The summed E-state index contributed by atoms with van der Waals surface area (Å²) in [5.74, 6) is -0.295. The van der Waals surface area contributed by atoms with Gasteiger partial charge in [-0.15, -0.1) is 21.5 Å². The first-order valence-corrected chi connectivity index (χ1v) is 11.6. The molecule has 0 aliphatic carbocycles. The average Bonchev–Trinajstić information content (AvgIpc) is 3.44. The second kappa shape index (κ2) is 7.77. The van der Waals surface area contributed by atoms with Crippen molar-refractivity contribution in [3.8, 4) is 11.5 Å². The first kappa shape index (κ1) is 19.9. The number of aryl methyl sites for hydroxylation is 1. The average molecular weight is 453 g/mol. The summed E-state index contributed by atoms with van der Waals surface area (Å²) in [6.07, 6.45) is 1.91. The van der Waals surface area contributed by atoms with Crippen LogP contribution in [0.5, 0.6) is 0 Å². The Kier molecular flexibility index (Phi) is 5.32. The maximum absolute atomic E-state index is 12.7. The molecular weight excluding hydrogens is 436 g/mol. The number of carbonyl (C=O) groups is 1. The van der Waals surface area contributed by atoms with Crippen LogP contribution in [0, 0.1) is 6.92 Å². The van der Waals surface area contributed by atoms with Crippen molar-refractivity contribution in [1.29, 1.82) is 0 Å². The Balaban J connectivity index is 1.55. The molecule has 11 heteroatoms. The number of hydrogen-bond donors (Lipinski definition) is 1. The maximum atomic E-state index is 12.7. The summed E-state index contributed by atoms with van der Waals surface area (Å²) in [6, 6.07) is 6.41. The summed E-state index contributed by atoms with van der Waals surface area (Å²) >= 11 is 6.98. The number of nitrogens with zero attached hydrogens (tertiary/aromatic N) is 3. The van der Waals surface area contributed by atoms with Crippen LogP contribution in [0.2, 0.25) is 5.02 Å². The fourth-order valence-electron chi connectivity index (χ4n) is 2.95. The number of nitrogens with one attached hydrogen (secondary N) is 1. The van der Waals surface area contributed by atoms with E-state index in [2.05, 4.69) is 14.9 Å². The van der Waals surface area contributed by atoms with E-state index in [-0.39, 0.29) is 21.9 Å². The smallest absolute Gasteiger partial charge is 0.311 e. The number of carbonyl (C=O) groups excluding carboxylic acids is 1. The van der Waals surface area contributed by atoms with E-state index in [1.54, 1.807) is 35.4 Å². The predicted octanol–water partition coefficient (Wildman–Crippen LogP) is 3.80. The summed E-state index contributed by atoms with van der Waals surface area (Å²) in [5, 5.41) is 9.73. The van der Waals surface area contributed by atoms with Crippen LogP contribution in [-0.2, 0) is 10.0 Å². The van der Waals surface area contributed by atoms with Gasteiger partial charge in [0.1, 0.15) is 4.21 Å². The topological polar surface area (TPSA) is 105 Å². The van der Waals surface area contributed by atoms with E-state index in [1.807, 2.05) is 0 Å². The van der Waals surface area contributed by atoms with Crippen LogP contribution >= 0.6 is 22.9 Å². The summed E-state index contributed by atoms with van der Waals surface area (Å²) in [6.45, 7) is 3.13. The summed E-state index contributed by atoms with van der Waals surface area (Å²) in [5.41, 5.74) is 1.59. The Morgan fingerprint density at radius 1 is 1.24 bits per heavy atom. The van der Waals surface area contributed by atoms with Gasteiger partial charge in [0.25, 0.3) is 10.0 Å². The Hall–Kier alpha value is -2.43. The van der Waals surface area contributed by atoms with Crippen LogP contribution in [0.1, 0.15) is 29.1 Å². The molecule has 0 radical (unpaired) electrons. The number of amides is 1. The lowest BCUT2D eigenvalue weighted by Crippen LogP contribution is -2.27. The Morgan fingerprint density at radius 2 is 2.00 bits per heavy atom. The molecular formula is C18H17ClN4O4S2. The van der Waals surface area contributed by atoms with Gasteiger partial charge < -0.3 is 9.32 Å². The van der Waals surface area contributed by atoms with E-state index in [1.165, 1.54) is 6.07 Å². The second-order valence-electron chi connectivity index (χ2n) is 6.63. The van der Waals surface area contributed by atoms with Crippen LogP contribution < -0.4 is 4.72 Å². The Morgan fingerprint density at radius 3 is 2.76 bits per heavy atom. The van der Waals surface area contributed by atoms with Crippen LogP contribution in [0.25, 0.3) is 11.5 Å². The molecule has 1 aliphatic rings. The van der Waals surface area contributed by atoms with Gasteiger partial charge in [-0.25, -0.2) is 8.42 Å². The minimum atomic E-state index is -3.82. The number of anilines is 1. The Labute approximate surface area is 176 Å².